The Kier molecular flexibility index (Phi) is 2.83. The van der Waals surface area contributed by atoms with Crippen molar-refractivity contribution in [3.8, 4) is 11.4 Å². The van der Waals surface area contributed by atoms with E-state index in [0.29, 0.717) is 17.2 Å². The minimum Gasteiger partial charge on any atom is -0.229 e. The first-order valence-corrected chi connectivity index (χ1v) is 9.24. The van der Waals surface area contributed by atoms with E-state index in [0.717, 1.165) is 10.6 Å². The molecule has 0 amide bonds. The predicted octanol–water partition coefficient (Wildman–Crippen LogP) is 1.75. The van der Waals surface area contributed by atoms with E-state index in [4.69, 9.17) is 0 Å². The summed E-state index contributed by atoms with van der Waals surface area (Å²) in [5.74, 6) is 1.13. The van der Waals surface area contributed by atoms with Crippen molar-refractivity contribution in [3.05, 3.63) is 35.3 Å². The average molecular weight is 320 g/mol. The van der Waals surface area contributed by atoms with E-state index in [-0.39, 0.29) is 17.4 Å². The molecule has 0 saturated carbocycles. The van der Waals surface area contributed by atoms with Crippen LogP contribution >= 0.6 is 11.3 Å². The molecule has 108 valence electrons. The van der Waals surface area contributed by atoms with E-state index in [9.17, 15) is 8.42 Å². The highest BCUT2D eigenvalue weighted by Crippen LogP contribution is 2.32. The Balaban J connectivity index is 1.77. The number of fused-ring (bicyclic) bond motifs is 1. The molecule has 2 aromatic heterocycles. The van der Waals surface area contributed by atoms with Crippen LogP contribution in [0.15, 0.2) is 30.3 Å². The third-order valence-electron chi connectivity index (χ3n) is 3.62. The molecule has 3 aromatic rings. The summed E-state index contributed by atoms with van der Waals surface area (Å²) in [6.45, 7) is 0. The lowest BCUT2D eigenvalue weighted by Crippen LogP contribution is -2.04. The topological polar surface area (TPSA) is 77.2 Å². The van der Waals surface area contributed by atoms with Crippen LogP contribution in [0.25, 0.3) is 16.3 Å². The Morgan fingerprint density at radius 1 is 1.19 bits per heavy atom. The van der Waals surface area contributed by atoms with Gasteiger partial charge >= 0.3 is 0 Å². The second-order valence-corrected chi connectivity index (χ2v) is 8.34. The van der Waals surface area contributed by atoms with Crippen LogP contribution in [0.2, 0.25) is 0 Å². The number of aromatic nitrogens is 4. The fourth-order valence-corrected chi connectivity index (χ4v) is 5.38. The number of benzene rings is 1. The number of rotatable bonds is 2. The lowest BCUT2D eigenvalue weighted by atomic mass is 10.1. The Bertz CT molecular complexity index is 899. The standard InChI is InChI=1S/C13H12N4O2S2/c18-21(19)7-6-10(8-21)12-16-17-11(14-15-13(17)20-12)9-4-2-1-3-5-9/h1-5,10H,6-8H2. The van der Waals surface area contributed by atoms with Gasteiger partial charge in [-0.3, -0.25) is 0 Å². The number of hydrogen-bond acceptors (Lipinski definition) is 6. The Morgan fingerprint density at radius 3 is 2.71 bits per heavy atom. The zero-order valence-electron chi connectivity index (χ0n) is 11.0. The quantitative estimate of drug-likeness (QED) is 0.719. The highest BCUT2D eigenvalue weighted by molar-refractivity contribution is 7.91. The van der Waals surface area contributed by atoms with Crippen LogP contribution in [0.4, 0.5) is 0 Å². The maximum Gasteiger partial charge on any atom is 0.234 e. The second kappa shape index (κ2) is 4.60. The summed E-state index contributed by atoms with van der Waals surface area (Å²) in [6, 6.07) is 9.73. The van der Waals surface area contributed by atoms with Crippen LogP contribution in [-0.2, 0) is 9.84 Å². The molecule has 1 unspecified atom stereocenters. The van der Waals surface area contributed by atoms with Crippen molar-refractivity contribution in [2.75, 3.05) is 11.5 Å². The maximum atomic E-state index is 11.6. The normalized spacial score (nSPS) is 21.0. The first-order chi connectivity index (χ1) is 10.1. The summed E-state index contributed by atoms with van der Waals surface area (Å²) in [4.78, 5) is 0.702. The van der Waals surface area contributed by atoms with Crippen LogP contribution in [0.3, 0.4) is 0 Å². The van der Waals surface area contributed by atoms with Crippen molar-refractivity contribution in [1.29, 1.82) is 0 Å². The van der Waals surface area contributed by atoms with Crippen molar-refractivity contribution in [3.63, 3.8) is 0 Å². The van der Waals surface area contributed by atoms with Gasteiger partial charge in [-0.15, -0.1) is 10.2 Å². The largest absolute Gasteiger partial charge is 0.234 e. The molecule has 8 heteroatoms. The van der Waals surface area contributed by atoms with E-state index in [2.05, 4.69) is 15.3 Å². The van der Waals surface area contributed by atoms with Gasteiger partial charge in [-0.1, -0.05) is 41.7 Å². The zero-order valence-corrected chi connectivity index (χ0v) is 12.6. The molecule has 0 aliphatic carbocycles. The first-order valence-electron chi connectivity index (χ1n) is 6.60. The molecule has 21 heavy (non-hydrogen) atoms. The maximum absolute atomic E-state index is 11.6. The van der Waals surface area contributed by atoms with Crippen LogP contribution < -0.4 is 0 Å². The first kappa shape index (κ1) is 12.9. The van der Waals surface area contributed by atoms with Crippen LogP contribution in [-0.4, -0.2) is 39.7 Å². The van der Waals surface area contributed by atoms with Gasteiger partial charge in [-0.2, -0.15) is 9.61 Å². The molecule has 1 aliphatic rings. The predicted molar refractivity (Wildman–Crippen MR) is 80.1 cm³/mol. The lowest BCUT2D eigenvalue weighted by molar-refractivity contribution is 0.601. The van der Waals surface area contributed by atoms with Gasteiger partial charge in [0.2, 0.25) is 4.96 Å². The average Bonchev–Trinajstić information content (AvgIpc) is 3.12. The van der Waals surface area contributed by atoms with E-state index >= 15 is 0 Å². The van der Waals surface area contributed by atoms with Crippen molar-refractivity contribution in [2.24, 2.45) is 0 Å². The van der Waals surface area contributed by atoms with Gasteiger partial charge in [-0.25, -0.2) is 8.42 Å². The fourth-order valence-electron chi connectivity index (χ4n) is 2.55. The number of sulfone groups is 1. The van der Waals surface area contributed by atoms with Gasteiger partial charge < -0.3 is 0 Å². The molecule has 0 N–H and O–H groups in total. The number of nitrogens with zero attached hydrogens (tertiary/aromatic N) is 4. The van der Waals surface area contributed by atoms with Gasteiger partial charge in [0.25, 0.3) is 0 Å². The Labute approximate surface area is 125 Å². The molecule has 0 radical (unpaired) electrons. The minimum absolute atomic E-state index is 0.00896. The molecule has 1 aliphatic heterocycles. The Morgan fingerprint density at radius 2 is 2.00 bits per heavy atom. The molecule has 3 heterocycles. The molecule has 1 saturated heterocycles. The third kappa shape index (κ3) is 2.24. The number of hydrogen-bond donors (Lipinski definition) is 0. The van der Waals surface area contributed by atoms with E-state index in [1.165, 1.54) is 11.3 Å². The summed E-state index contributed by atoms with van der Waals surface area (Å²) in [6.07, 6.45) is 0.646. The monoisotopic (exact) mass is 320 g/mol. The molecule has 1 atom stereocenters. The summed E-state index contributed by atoms with van der Waals surface area (Å²) in [7, 11) is -2.91. The van der Waals surface area contributed by atoms with Crippen LogP contribution in [0.5, 0.6) is 0 Å². The third-order valence-corrected chi connectivity index (χ3v) is 6.45. The van der Waals surface area contributed by atoms with E-state index in [1.807, 2.05) is 30.3 Å². The summed E-state index contributed by atoms with van der Waals surface area (Å²) in [5, 5.41) is 13.7. The molecule has 0 spiro atoms. The fraction of sp³-hybridized carbons (Fsp3) is 0.308. The Hall–Kier alpha value is -1.80. The van der Waals surface area contributed by atoms with Crippen molar-refractivity contribution in [2.45, 2.75) is 12.3 Å². The highest BCUT2D eigenvalue weighted by atomic mass is 32.2. The molecule has 4 rings (SSSR count). The molecular weight excluding hydrogens is 308 g/mol. The van der Waals surface area contributed by atoms with E-state index in [1.54, 1.807) is 4.52 Å². The molecule has 1 fully saturated rings. The molecular formula is C13H12N4O2S2. The van der Waals surface area contributed by atoms with Crippen molar-refractivity contribution < 1.29 is 8.42 Å². The molecule has 0 bridgehead atoms. The van der Waals surface area contributed by atoms with Gasteiger partial charge in [0, 0.05) is 11.5 Å². The minimum atomic E-state index is -2.91. The van der Waals surface area contributed by atoms with Gasteiger partial charge in [-0.05, 0) is 6.42 Å². The van der Waals surface area contributed by atoms with Crippen molar-refractivity contribution >= 4 is 26.1 Å². The highest BCUT2D eigenvalue weighted by Gasteiger charge is 2.32. The summed E-state index contributed by atoms with van der Waals surface area (Å²) in [5.41, 5.74) is 0.945. The van der Waals surface area contributed by atoms with Crippen LogP contribution in [0.1, 0.15) is 17.3 Å². The van der Waals surface area contributed by atoms with Gasteiger partial charge in [0.1, 0.15) is 5.01 Å². The summed E-state index contributed by atoms with van der Waals surface area (Å²) >= 11 is 1.42. The van der Waals surface area contributed by atoms with Crippen LogP contribution in [0, 0.1) is 0 Å². The SMILES string of the molecule is O=S1(=O)CCC(c2nn3c(-c4ccccc4)nnc3s2)C1. The summed E-state index contributed by atoms with van der Waals surface area (Å²) < 4.78 is 24.9. The smallest absolute Gasteiger partial charge is 0.229 e. The second-order valence-electron chi connectivity index (χ2n) is 5.12. The van der Waals surface area contributed by atoms with E-state index < -0.39 is 9.84 Å². The molecule has 1 aromatic carbocycles. The van der Waals surface area contributed by atoms with Gasteiger partial charge in [0.05, 0.1) is 11.5 Å². The van der Waals surface area contributed by atoms with Crippen molar-refractivity contribution in [1.82, 2.24) is 19.8 Å². The zero-order chi connectivity index (χ0) is 14.4. The molecule has 6 nitrogen and oxygen atoms in total. The lowest BCUT2D eigenvalue weighted by Gasteiger charge is -2.00. The van der Waals surface area contributed by atoms with Gasteiger partial charge in [0.15, 0.2) is 15.7 Å².